The first kappa shape index (κ1) is 11.0. The van der Waals surface area contributed by atoms with Crippen molar-refractivity contribution in [2.45, 2.75) is 39.2 Å². The second kappa shape index (κ2) is 6.65. The first-order chi connectivity index (χ1) is 5.20. The molecule has 0 rings (SSSR count). The molecule has 1 atom stereocenters. The van der Waals surface area contributed by atoms with Crippen LogP contribution in [0.5, 0.6) is 0 Å². The zero-order chi connectivity index (χ0) is 8.69. The van der Waals surface area contributed by atoms with Crippen LogP contribution in [0.2, 0.25) is 0 Å². The standard InChI is InChI=1S/C8H16BrNO/c1-3-4-5-8(6-9)10-7(2)11/h8H,3-6H2,1-2H3,(H,10,11)/t8-/m1/s1. The molecular weight excluding hydrogens is 206 g/mol. The van der Waals surface area contributed by atoms with Crippen LogP contribution in [0.4, 0.5) is 0 Å². The third-order valence-corrected chi connectivity index (χ3v) is 2.28. The average Bonchev–Trinajstić information content (AvgIpc) is 1.97. The molecule has 0 aromatic carbocycles. The lowest BCUT2D eigenvalue weighted by molar-refractivity contribution is -0.119. The number of rotatable bonds is 5. The molecular formula is C8H16BrNO. The highest BCUT2D eigenvalue weighted by atomic mass is 79.9. The predicted molar refractivity (Wildman–Crippen MR) is 50.9 cm³/mol. The van der Waals surface area contributed by atoms with Crippen molar-refractivity contribution in [3.8, 4) is 0 Å². The van der Waals surface area contributed by atoms with Gasteiger partial charge in [-0.3, -0.25) is 4.79 Å². The molecule has 0 aromatic rings. The zero-order valence-corrected chi connectivity index (χ0v) is 8.78. The second-order valence-corrected chi connectivity index (χ2v) is 3.34. The molecule has 0 saturated heterocycles. The Balaban J connectivity index is 3.49. The topological polar surface area (TPSA) is 29.1 Å². The lowest BCUT2D eigenvalue weighted by Gasteiger charge is -2.13. The van der Waals surface area contributed by atoms with Crippen LogP contribution in [0.1, 0.15) is 33.1 Å². The van der Waals surface area contributed by atoms with Crippen LogP contribution >= 0.6 is 15.9 Å². The number of alkyl halides is 1. The summed E-state index contributed by atoms with van der Waals surface area (Å²) in [4.78, 5) is 10.6. The van der Waals surface area contributed by atoms with Gasteiger partial charge in [-0.2, -0.15) is 0 Å². The molecule has 0 spiro atoms. The highest BCUT2D eigenvalue weighted by Crippen LogP contribution is 2.02. The van der Waals surface area contributed by atoms with Crippen LogP contribution in [0.15, 0.2) is 0 Å². The van der Waals surface area contributed by atoms with Gasteiger partial charge in [0.25, 0.3) is 0 Å². The quantitative estimate of drug-likeness (QED) is 0.709. The van der Waals surface area contributed by atoms with Crippen LogP contribution < -0.4 is 5.32 Å². The number of carbonyl (C=O) groups excluding carboxylic acids is 1. The molecule has 11 heavy (non-hydrogen) atoms. The van der Waals surface area contributed by atoms with Crippen molar-refractivity contribution in [2.24, 2.45) is 0 Å². The summed E-state index contributed by atoms with van der Waals surface area (Å²) >= 11 is 3.36. The molecule has 0 fully saturated rings. The Morgan fingerprint density at radius 3 is 2.64 bits per heavy atom. The first-order valence-corrected chi connectivity index (χ1v) is 5.16. The van der Waals surface area contributed by atoms with Gasteiger partial charge in [0, 0.05) is 18.3 Å². The van der Waals surface area contributed by atoms with Crippen LogP contribution in [-0.4, -0.2) is 17.3 Å². The van der Waals surface area contributed by atoms with E-state index in [4.69, 9.17) is 0 Å². The Labute approximate surface area is 76.9 Å². The normalized spacial score (nSPS) is 12.6. The summed E-state index contributed by atoms with van der Waals surface area (Å²) < 4.78 is 0. The summed E-state index contributed by atoms with van der Waals surface area (Å²) in [6.07, 6.45) is 3.43. The fraction of sp³-hybridized carbons (Fsp3) is 0.875. The molecule has 0 aromatic heterocycles. The van der Waals surface area contributed by atoms with E-state index < -0.39 is 0 Å². The number of halogens is 1. The fourth-order valence-corrected chi connectivity index (χ4v) is 1.41. The Bertz CT molecular complexity index is 117. The Kier molecular flexibility index (Phi) is 6.62. The Morgan fingerprint density at radius 2 is 2.27 bits per heavy atom. The summed E-state index contributed by atoms with van der Waals surface area (Å²) in [6.45, 7) is 3.71. The van der Waals surface area contributed by atoms with E-state index in [0.717, 1.165) is 11.8 Å². The Hall–Kier alpha value is -0.0500. The van der Waals surface area contributed by atoms with Gasteiger partial charge in [0.2, 0.25) is 5.91 Å². The van der Waals surface area contributed by atoms with Crippen LogP contribution in [0.3, 0.4) is 0 Å². The monoisotopic (exact) mass is 221 g/mol. The zero-order valence-electron chi connectivity index (χ0n) is 7.19. The van der Waals surface area contributed by atoms with E-state index in [2.05, 4.69) is 28.2 Å². The van der Waals surface area contributed by atoms with Gasteiger partial charge >= 0.3 is 0 Å². The summed E-state index contributed by atoms with van der Waals surface area (Å²) in [5, 5.41) is 3.73. The number of nitrogens with one attached hydrogen (secondary N) is 1. The molecule has 1 amide bonds. The van der Waals surface area contributed by atoms with Crippen LogP contribution in [0, 0.1) is 0 Å². The molecule has 0 unspecified atom stereocenters. The van der Waals surface area contributed by atoms with Crippen LogP contribution in [-0.2, 0) is 4.79 Å². The summed E-state index contributed by atoms with van der Waals surface area (Å²) in [7, 11) is 0. The van der Waals surface area contributed by atoms with Crippen molar-refractivity contribution in [1.29, 1.82) is 0 Å². The number of unbranched alkanes of at least 4 members (excludes halogenated alkanes) is 1. The van der Waals surface area contributed by atoms with Crippen molar-refractivity contribution < 1.29 is 4.79 Å². The molecule has 3 heteroatoms. The van der Waals surface area contributed by atoms with Crippen molar-refractivity contribution >= 4 is 21.8 Å². The van der Waals surface area contributed by atoms with Gasteiger partial charge in [0.05, 0.1) is 0 Å². The predicted octanol–water partition coefficient (Wildman–Crippen LogP) is 2.08. The Morgan fingerprint density at radius 1 is 1.64 bits per heavy atom. The van der Waals surface area contributed by atoms with E-state index in [-0.39, 0.29) is 5.91 Å². The largest absolute Gasteiger partial charge is 0.353 e. The lowest BCUT2D eigenvalue weighted by atomic mass is 10.1. The highest BCUT2D eigenvalue weighted by Gasteiger charge is 2.06. The maximum atomic E-state index is 10.6. The number of hydrogen-bond acceptors (Lipinski definition) is 1. The molecule has 0 aliphatic heterocycles. The average molecular weight is 222 g/mol. The summed E-state index contributed by atoms with van der Waals surface area (Å²) in [6, 6.07) is 0.312. The minimum Gasteiger partial charge on any atom is -0.353 e. The second-order valence-electron chi connectivity index (χ2n) is 2.69. The molecule has 0 bridgehead atoms. The van der Waals surface area contributed by atoms with Crippen molar-refractivity contribution in [2.75, 3.05) is 5.33 Å². The van der Waals surface area contributed by atoms with Gasteiger partial charge in [-0.05, 0) is 6.42 Å². The van der Waals surface area contributed by atoms with Gasteiger partial charge in [0.15, 0.2) is 0 Å². The lowest BCUT2D eigenvalue weighted by Crippen LogP contribution is -2.34. The third-order valence-electron chi connectivity index (χ3n) is 1.50. The molecule has 2 nitrogen and oxygen atoms in total. The van der Waals surface area contributed by atoms with Gasteiger partial charge in [-0.25, -0.2) is 0 Å². The van der Waals surface area contributed by atoms with Gasteiger partial charge in [-0.15, -0.1) is 0 Å². The third kappa shape index (κ3) is 6.35. The fourth-order valence-electron chi connectivity index (χ4n) is 0.926. The van der Waals surface area contributed by atoms with Crippen LogP contribution in [0.25, 0.3) is 0 Å². The molecule has 66 valence electrons. The van der Waals surface area contributed by atoms with Crippen molar-refractivity contribution in [1.82, 2.24) is 5.32 Å². The van der Waals surface area contributed by atoms with E-state index in [0.29, 0.717) is 6.04 Å². The van der Waals surface area contributed by atoms with E-state index in [1.165, 1.54) is 12.8 Å². The number of hydrogen-bond donors (Lipinski definition) is 1. The molecule has 0 heterocycles. The summed E-state index contributed by atoms with van der Waals surface area (Å²) in [5.74, 6) is 0.0607. The maximum absolute atomic E-state index is 10.6. The first-order valence-electron chi connectivity index (χ1n) is 4.03. The van der Waals surface area contributed by atoms with Gasteiger partial charge in [-0.1, -0.05) is 35.7 Å². The van der Waals surface area contributed by atoms with Gasteiger partial charge < -0.3 is 5.32 Å². The molecule has 1 N–H and O–H groups in total. The highest BCUT2D eigenvalue weighted by molar-refractivity contribution is 9.09. The van der Waals surface area contributed by atoms with E-state index >= 15 is 0 Å². The smallest absolute Gasteiger partial charge is 0.217 e. The van der Waals surface area contributed by atoms with Crippen molar-refractivity contribution in [3.63, 3.8) is 0 Å². The number of amides is 1. The van der Waals surface area contributed by atoms with E-state index in [9.17, 15) is 4.79 Å². The molecule has 0 radical (unpaired) electrons. The van der Waals surface area contributed by atoms with E-state index in [1.54, 1.807) is 6.92 Å². The minimum absolute atomic E-state index is 0.0607. The summed E-state index contributed by atoms with van der Waals surface area (Å²) in [5.41, 5.74) is 0. The molecule has 0 saturated carbocycles. The maximum Gasteiger partial charge on any atom is 0.217 e. The number of carbonyl (C=O) groups is 1. The van der Waals surface area contributed by atoms with Gasteiger partial charge in [0.1, 0.15) is 0 Å². The SMILES string of the molecule is CCCC[C@H](CBr)NC(C)=O. The minimum atomic E-state index is 0.0607. The van der Waals surface area contributed by atoms with Crippen molar-refractivity contribution in [3.05, 3.63) is 0 Å². The molecule has 0 aliphatic rings. The molecule has 0 aliphatic carbocycles. The van der Waals surface area contributed by atoms with E-state index in [1.807, 2.05) is 0 Å².